The lowest BCUT2D eigenvalue weighted by Gasteiger charge is -2.03. The van der Waals surface area contributed by atoms with Crippen LogP contribution in [0.5, 0.6) is 0 Å². The van der Waals surface area contributed by atoms with E-state index in [2.05, 4.69) is 15.9 Å². The number of rotatable bonds is 3. The Hall–Kier alpha value is -1.34. The maximum atomic E-state index is 10.6. The summed E-state index contributed by atoms with van der Waals surface area (Å²) in [5.41, 5.74) is 0.841. The zero-order chi connectivity index (χ0) is 10.6. The van der Waals surface area contributed by atoms with Gasteiger partial charge in [-0.05, 0) is 24.1 Å². The predicted molar refractivity (Wildman–Crippen MR) is 54.6 cm³/mol. The van der Waals surface area contributed by atoms with Gasteiger partial charge in [0.25, 0.3) is 0 Å². The topological polar surface area (TPSA) is 61.1 Å². The van der Waals surface area contributed by atoms with Gasteiger partial charge >= 0.3 is 5.97 Å². The van der Waals surface area contributed by atoms with E-state index in [1.807, 2.05) is 18.2 Å². The number of aliphatic carboxylic acids is 1. The number of nitriles is 1. The maximum Gasteiger partial charge on any atom is 0.321 e. The lowest BCUT2D eigenvalue weighted by Crippen LogP contribution is -2.14. The molecule has 0 radical (unpaired) electrons. The molecule has 0 aliphatic rings. The van der Waals surface area contributed by atoms with Crippen LogP contribution in [0.2, 0.25) is 0 Å². The Kier molecular flexibility index (Phi) is 3.66. The number of carboxylic acids is 1. The molecule has 0 aliphatic heterocycles. The average Bonchev–Trinajstić information content (AvgIpc) is 2.14. The first-order chi connectivity index (χ1) is 6.63. The second-order valence-electron chi connectivity index (χ2n) is 2.85. The van der Waals surface area contributed by atoms with E-state index in [1.165, 1.54) is 0 Å². The number of hydrogen-bond acceptors (Lipinski definition) is 2. The van der Waals surface area contributed by atoms with Crippen LogP contribution in [0, 0.1) is 17.2 Å². The molecule has 0 heterocycles. The summed E-state index contributed by atoms with van der Waals surface area (Å²) in [6.45, 7) is 0. The van der Waals surface area contributed by atoms with Crippen molar-refractivity contribution in [2.24, 2.45) is 5.92 Å². The third kappa shape index (κ3) is 2.86. The van der Waals surface area contributed by atoms with E-state index >= 15 is 0 Å². The van der Waals surface area contributed by atoms with E-state index in [4.69, 9.17) is 10.4 Å². The van der Waals surface area contributed by atoms with Crippen LogP contribution in [0.15, 0.2) is 28.7 Å². The summed E-state index contributed by atoms with van der Waals surface area (Å²) in [6.07, 6.45) is 0.241. The third-order valence-electron chi connectivity index (χ3n) is 1.78. The van der Waals surface area contributed by atoms with Crippen molar-refractivity contribution in [1.29, 1.82) is 5.26 Å². The van der Waals surface area contributed by atoms with Crippen molar-refractivity contribution in [3.05, 3.63) is 34.3 Å². The van der Waals surface area contributed by atoms with Gasteiger partial charge in [0.15, 0.2) is 0 Å². The summed E-state index contributed by atoms with van der Waals surface area (Å²) in [7, 11) is 0. The highest BCUT2D eigenvalue weighted by Crippen LogP contribution is 2.15. The normalized spacial score (nSPS) is 11.7. The second kappa shape index (κ2) is 4.77. The van der Waals surface area contributed by atoms with Gasteiger partial charge < -0.3 is 5.11 Å². The number of halogens is 1. The van der Waals surface area contributed by atoms with Gasteiger partial charge in [-0.15, -0.1) is 0 Å². The molecule has 72 valence electrons. The first-order valence-corrected chi connectivity index (χ1v) is 4.79. The van der Waals surface area contributed by atoms with Gasteiger partial charge in [-0.1, -0.05) is 28.1 Å². The van der Waals surface area contributed by atoms with E-state index in [0.29, 0.717) is 0 Å². The van der Waals surface area contributed by atoms with Crippen molar-refractivity contribution in [3.8, 4) is 6.07 Å². The van der Waals surface area contributed by atoms with Gasteiger partial charge in [-0.3, -0.25) is 4.79 Å². The second-order valence-corrected chi connectivity index (χ2v) is 3.77. The van der Waals surface area contributed by atoms with Crippen molar-refractivity contribution >= 4 is 21.9 Å². The SMILES string of the molecule is N#C[C@@H](Cc1cccc(Br)c1)C(=O)O. The summed E-state index contributed by atoms with van der Waals surface area (Å²) in [5, 5.41) is 17.3. The lowest BCUT2D eigenvalue weighted by atomic mass is 10.0. The highest BCUT2D eigenvalue weighted by Gasteiger charge is 2.16. The van der Waals surface area contributed by atoms with Crippen LogP contribution in [0.25, 0.3) is 0 Å². The standard InChI is InChI=1S/C10H8BrNO2/c11-9-3-1-2-7(5-9)4-8(6-12)10(13)14/h1-3,5,8H,4H2,(H,13,14)/t8-/m1/s1. The molecule has 0 unspecified atom stereocenters. The minimum atomic E-state index is -1.08. The highest BCUT2D eigenvalue weighted by molar-refractivity contribution is 9.10. The van der Waals surface area contributed by atoms with Gasteiger partial charge in [0.1, 0.15) is 5.92 Å². The molecule has 3 nitrogen and oxygen atoms in total. The molecular formula is C10H8BrNO2. The van der Waals surface area contributed by atoms with Gasteiger partial charge in [-0.2, -0.15) is 5.26 Å². The van der Waals surface area contributed by atoms with E-state index < -0.39 is 11.9 Å². The van der Waals surface area contributed by atoms with Crippen LogP contribution in [-0.2, 0) is 11.2 Å². The Labute approximate surface area is 90.1 Å². The number of carbonyl (C=O) groups is 1. The fourth-order valence-electron chi connectivity index (χ4n) is 1.09. The monoisotopic (exact) mass is 253 g/mol. The van der Waals surface area contributed by atoms with Crippen LogP contribution < -0.4 is 0 Å². The van der Waals surface area contributed by atoms with Crippen LogP contribution in [0.1, 0.15) is 5.56 Å². The zero-order valence-electron chi connectivity index (χ0n) is 7.27. The van der Waals surface area contributed by atoms with E-state index in [-0.39, 0.29) is 6.42 Å². The number of hydrogen-bond donors (Lipinski definition) is 1. The lowest BCUT2D eigenvalue weighted by molar-refractivity contribution is -0.139. The van der Waals surface area contributed by atoms with Gasteiger partial charge in [-0.25, -0.2) is 0 Å². The fourth-order valence-corrected chi connectivity index (χ4v) is 1.53. The smallest absolute Gasteiger partial charge is 0.321 e. The molecule has 0 aromatic heterocycles. The molecule has 1 rings (SSSR count). The van der Waals surface area contributed by atoms with E-state index in [9.17, 15) is 4.79 Å². The highest BCUT2D eigenvalue weighted by atomic mass is 79.9. The van der Waals surface area contributed by atoms with Crippen LogP contribution in [0.3, 0.4) is 0 Å². The van der Waals surface area contributed by atoms with Crippen molar-refractivity contribution in [1.82, 2.24) is 0 Å². The third-order valence-corrected chi connectivity index (χ3v) is 2.28. The summed E-state index contributed by atoms with van der Waals surface area (Å²) < 4.78 is 0.886. The molecular weight excluding hydrogens is 246 g/mol. The van der Waals surface area contributed by atoms with Crippen molar-refractivity contribution in [3.63, 3.8) is 0 Å². The Morgan fingerprint density at radius 2 is 2.36 bits per heavy atom. The molecule has 0 saturated carbocycles. The Morgan fingerprint density at radius 1 is 1.64 bits per heavy atom. The number of benzene rings is 1. The maximum absolute atomic E-state index is 10.6. The minimum absolute atomic E-state index is 0.241. The van der Waals surface area contributed by atoms with Gasteiger partial charge in [0.2, 0.25) is 0 Å². The first-order valence-electron chi connectivity index (χ1n) is 4.00. The zero-order valence-corrected chi connectivity index (χ0v) is 8.86. The van der Waals surface area contributed by atoms with E-state index in [0.717, 1.165) is 10.0 Å². The summed E-state index contributed by atoms with van der Waals surface area (Å²) in [5.74, 6) is -2.04. The molecule has 1 aromatic rings. The Bertz CT molecular complexity index is 384. The number of carboxylic acid groups (broad SMARTS) is 1. The quantitative estimate of drug-likeness (QED) is 0.899. The van der Waals surface area contributed by atoms with Crippen LogP contribution in [-0.4, -0.2) is 11.1 Å². The molecule has 14 heavy (non-hydrogen) atoms. The molecule has 1 N–H and O–H groups in total. The van der Waals surface area contributed by atoms with Gasteiger partial charge in [0.05, 0.1) is 6.07 Å². The summed E-state index contributed by atoms with van der Waals surface area (Å²) in [4.78, 5) is 10.6. The number of nitrogens with zero attached hydrogens (tertiary/aromatic N) is 1. The fraction of sp³-hybridized carbons (Fsp3) is 0.200. The molecule has 0 spiro atoms. The van der Waals surface area contributed by atoms with Crippen molar-refractivity contribution in [2.75, 3.05) is 0 Å². The predicted octanol–water partition coefficient (Wildman–Crippen LogP) is 2.22. The first kappa shape index (κ1) is 10.7. The molecule has 0 amide bonds. The van der Waals surface area contributed by atoms with Gasteiger partial charge in [0, 0.05) is 4.47 Å². The molecule has 0 fully saturated rings. The van der Waals surface area contributed by atoms with E-state index in [1.54, 1.807) is 12.1 Å². The molecule has 0 aliphatic carbocycles. The molecule has 4 heteroatoms. The van der Waals surface area contributed by atoms with Crippen LogP contribution >= 0.6 is 15.9 Å². The summed E-state index contributed by atoms with van der Waals surface area (Å²) in [6, 6.07) is 9.04. The van der Waals surface area contributed by atoms with Crippen LogP contribution in [0.4, 0.5) is 0 Å². The van der Waals surface area contributed by atoms with Crippen molar-refractivity contribution in [2.45, 2.75) is 6.42 Å². The minimum Gasteiger partial charge on any atom is -0.480 e. The Morgan fingerprint density at radius 3 is 2.86 bits per heavy atom. The summed E-state index contributed by atoms with van der Waals surface area (Å²) >= 11 is 3.28. The molecule has 1 aromatic carbocycles. The molecule has 1 atom stereocenters. The Balaban J connectivity index is 2.78. The average molecular weight is 254 g/mol. The van der Waals surface area contributed by atoms with Crippen molar-refractivity contribution < 1.29 is 9.90 Å². The largest absolute Gasteiger partial charge is 0.480 e. The molecule has 0 bridgehead atoms. The molecule has 0 saturated heterocycles.